The molecule has 0 saturated carbocycles. The normalized spacial score (nSPS) is 14.9. The van der Waals surface area contributed by atoms with Crippen molar-refractivity contribution in [3.05, 3.63) is 52.0 Å². The van der Waals surface area contributed by atoms with Crippen molar-refractivity contribution in [1.29, 1.82) is 0 Å². The highest BCUT2D eigenvalue weighted by molar-refractivity contribution is 6.37. The molecule has 1 heterocycles. The van der Waals surface area contributed by atoms with Crippen LogP contribution in [0, 0.1) is 0 Å². The molecule has 1 aliphatic heterocycles. The third-order valence-electron chi connectivity index (χ3n) is 3.90. The summed E-state index contributed by atoms with van der Waals surface area (Å²) in [5, 5.41) is 0.969. The molecule has 0 N–H and O–H groups in total. The molecule has 0 aliphatic carbocycles. The number of hydrogen-bond donors (Lipinski definition) is 0. The standard InChI is InChI=1S/C19H20Cl2N2O2/c1-2-25-19-17(20)11-14(12-18(19)21)13-22-15-3-5-16(6-4-15)23-7-9-24-10-8-23/h3-6,11-13H,2,7-10H2,1H3. The molecule has 0 atom stereocenters. The van der Waals surface area contributed by atoms with E-state index in [0.29, 0.717) is 22.4 Å². The van der Waals surface area contributed by atoms with E-state index in [1.54, 1.807) is 18.3 Å². The van der Waals surface area contributed by atoms with Gasteiger partial charge in [-0.25, -0.2) is 0 Å². The van der Waals surface area contributed by atoms with Crippen molar-refractivity contribution >= 4 is 40.8 Å². The molecule has 3 rings (SSSR count). The fourth-order valence-corrected chi connectivity index (χ4v) is 3.27. The number of hydrogen-bond acceptors (Lipinski definition) is 4. The summed E-state index contributed by atoms with van der Waals surface area (Å²) >= 11 is 12.4. The number of benzene rings is 2. The molecule has 1 aliphatic rings. The van der Waals surface area contributed by atoms with Crippen molar-refractivity contribution in [3.63, 3.8) is 0 Å². The van der Waals surface area contributed by atoms with Gasteiger partial charge in [-0.05, 0) is 48.9 Å². The third kappa shape index (κ3) is 4.66. The zero-order valence-electron chi connectivity index (χ0n) is 14.0. The van der Waals surface area contributed by atoms with E-state index in [9.17, 15) is 0 Å². The van der Waals surface area contributed by atoms with Gasteiger partial charge in [0.05, 0.1) is 35.6 Å². The molecule has 132 valence electrons. The molecule has 1 fully saturated rings. The first kappa shape index (κ1) is 18.1. The Balaban J connectivity index is 1.71. The highest BCUT2D eigenvalue weighted by atomic mass is 35.5. The molecule has 0 unspecified atom stereocenters. The first-order valence-electron chi connectivity index (χ1n) is 8.26. The van der Waals surface area contributed by atoms with Gasteiger partial charge in [-0.3, -0.25) is 4.99 Å². The van der Waals surface area contributed by atoms with Crippen molar-refractivity contribution in [1.82, 2.24) is 0 Å². The number of rotatable bonds is 5. The molecule has 0 spiro atoms. The maximum absolute atomic E-state index is 6.22. The van der Waals surface area contributed by atoms with Gasteiger partial charge in [0.2, 0.25) is 0 Å². The van der Waals surface area contributed by atoms with Crippen molar-refractivity contribution in [2.75, 3.05) is 37.8 Å². The van der Waals surface area contributed by atoms with Crippen LogP contribution in [0.25, 0.3) is 0 Å². The maximum Gasteiger partial charge on any atom is 0.156 e. The van der Waals surface area contributed by atoms with Crippen LogP contribution in [-0.2, 0) is 4.74 Å². The second-order valence-corrected chi connectivity index (χ2v) is 6.44. The highest BCUT2D eigenvalue weighted by Crippen LogP contribution is 2.34. The zero-order valence-corrected chi connectivity index (χ0v) is 15.6. The average Bonchev–Trinajstić information content (AvgIpc) is 2.64. The highest BCUT2D eigenvalue weighted by Gasteiger charge is 2.11. The van der Waals surface area contributed by atoms with Crippen molar-refractivity contribution in [2.45, 2.75) is 6.92 Å². The van der Waals surface area contributed by atoms with Gasteiger partial charge >= 0.3 is 0 Å². The fourth-order valence-electron chi connectivity index (χ4n) is 2.66. The van der Waals surface area contributed by atoms with Crippen molar-refractivity contribution in [3.8, 4) is 5.75 Å². The lowest BCUT2D eigenvalue weighted by Gasteiger charge is -2.28. The number of halogens is 2. The predicted molar refractivity (Wildman–Crippen MR) is 104 cm³/mol. The van der Waals surface area contributed by atoms with Crippen LogP contribution in [-0.4, -0.2) is 39.1 Å². The van der Waals surface area contributed by atoms with Crippen LogP contribution in [0.3, 0.4) is 0 Å². The quantitative estimate of drug-likeness (QED) is 0.688. The molecule has 6 heteroatoms. The first-order valence-corrected chi connectivity index (χ1v) is 9.01. The monoisotopic (exact) mass is 378 g/mol. The maximum atomic E-state index is 6.22. The second-order valence-electron chi connectivity index (χ2n) is 5.62. The summed E-state index contributed by atoms with van der Waals surface area (Å²) in [5.74, 6) is 0.512. The minimum Gasteiger partial charge on any atom is -0.491 e. The van der Waals surface area contributed by atoms with Crippen molar-refractivity contribution in [2.24, 2.45) is 4.99 Å². The summed E-state index contributed by atoms with van der Waals surface area (Å²) in [4.78, 5) is 6.80. The molecule has 4 nitrogen and oxygen atoms in total. The number of nitrogens with zero attached hydrogens (tertiary/aromatic N) is 2. The molecule has 2 aromatic rings. The molecular weight excluding hydrogens is 359 g/mol. The Labute approximate surface area is 158 Å². The molecule has 0 radical (unpaired) electrons. The Kier molecular flexibility index (Phi) is 6.19. The van der Waals surface area contributed by atoms with E-state index in [-0.39, 0.29) is 0 Å². The fraction of sp³-hybridized carbons (Fsp3) is 0.316. The summed E-state index contributed by atoms with van der Waals surface area (Å²) in [5.41, 5.74) is 2.89. The van der Waals surface area contributed by atoms with E-state index in [0.717, 1.165) is 37.6 Å². The summed E-state index contributed by atoms with van der Waals surface area (Å²) in [6.45, 7) is 5.81. The van der Waals surface area contributed by atoms with Crippen LogP contribution < -0.4 is 9.64 Å². The summed E-state index contributed by atoms with van der Waals surface area (Å²) < 4.78 is 10.8. The van der Waals surface area contributed by atoms with Gasteiger partial charge in [0, 0.05) is 25.0 Å². The first-order chi connectivity index (χ1) is 12.2. The summed E-state index contributed by atoms with van der Waals surface area (Å²) in [6.07, 6.45) is 1.75. The van der Waals surface area contributed by atoms with E-state index in [1.165, 1.54) is 5.69 Å². The smallest absolute Gasteiger partial charge is 0.156 e. The SMILES string of the molecule is CCOc1c(Cl)cc(C=Nc2ccc(N3CCOCC3)cc2)cc1Cl. The lowest BCUT2D eigenvalue weighted by molar-refractivity contribution is 0.122. The third-order valence-corrected chi connectivity index (χ3v) is 4.46. The Bertz CT molecular complexity index is 719. The number of morpholine rings is 1. The van der Waals surface area contributed by atoms with Gasteiger partial charge in [0.15, 0.2) is 5.75 Å². The lowest BCUT2D eigenvalue weighted by Crippen LogP contribution is -2.36. The van der Waals surface area contributed by atoms with Gasteiger partial charge in [0.1, 0.15) is 0 Å². The minimum atomic E-state index is 0.485. The molecule has 1 saturated heterocycles. The number of ether oxygens (including phenoxy) is 2. The Morgan fingerprint density at radius 1 is 1.12 bits per heavy atom. The molecule has 0 amide bonds. The molecule has 25 heavy (non-hydrogen) atoms. The van der Waals surface area contributed by atoms with Crippen LogP contribution >= 0.6 is 23.2 Å². The van der Waals surface area contributed by atoms with Gasteiger partial charge < -0.3 is 14.4 Å². The minimum absolute atomic E-state index is 0.485. The van der Waals surface area contributed by atoms with E-state index >= 15 is 0 Å². The van der Waals surface area contributed by atoms with Crippen LogP contribution in [0.4, 0.5) is 11.4 Å². The Morgan fingerprint density at radius 2 is 1.76 bits per heavy atom. The van der Waals surface area contributed by atoms with Gasteiger partial charge in [0.25, 0.3) is 0 Å². The molecule has 0 aromatic heterocycles. The van der Waals surface area contributed by atoms with Crippen LogP contribution in [0.15, 0.2) is 41.4 Å². The largest absolute Gasteiger partial charge is 0.491 e. The predicted octanol–water partition coefficient (Wildman–Crippen LogP) is 4.98. The van der Waals surface area contributed by atoms with E-state index in [1.807, 2.05) is 19.1 Å². The lowest BCUT2D eigenvalue weighted by atomic mass is 10.2. The van der Waals surface area contributed by atoms with Crippen LogP contribution in [0.1, 0.15) is 12.5 Å². The van der Waals surface area contributed by atoms with Crippen molar-refractivity contribution < 1.29 is 9.47 Å². The van der Waals surface area contributed by atoms with Gasteiger partial charge in [-0.15, -0.1) is 0 Å². The topological polar surface area (TPSA) is 34.1 Å². The van der Waals surface area contributed by atoms with Gasteiger partial charge in [-0.2, -0.15) is 0 Å². The summed E-state index contributed by atoms with van der Waals surface area (Å²) in [7, 11) is 0. The number of aliphatic imine (C=N–C) groups is 1. The second kappa shape index (κ2) is 8.56. The van der Waals surface area contributed by atoms with Gasteiger partial charge in [-0.1, -0.05) is 23.2 Å². The zero-order chi connectivity index (χ0) is 17.6. The van der Waals surface area contributed by atoms with E-state index in [2.05, 4.69) is 22.0 Å². The van der Waals surface area contributed by atoms with E-state index in [4.69, 9.17) is 32.7 Å². The Hall–Kier alpha value is -1.75. The van der Waals surface area contributed by atoms with Crippen LogP contribution in [0.2, 0.25) is 10.0 Å². The molecule has 2 aromatic carbocycles. The number of anilines is 1. The molecule has 0 bridgehead atoms. The van der Waals surface area contributed by atoms with E-state index < -0.39 is 0 Å². The molecular formula is C19H20Cl2N2O2. The summed E-state index contributed by atoms with van der Waals surface area (Å²) in [6, 6.07) is 11.7. The average molecular weight is 379 g/mol. The van der Waals surface area contributed by atoms with Crippen LogP contribution in [0.5, 0.6) is 5.75 Å². The Morgan fingerprint density at radius 3 is 2.36 bits per heavy atom.